The third-order valence-electron chi connectivity index (χ3n) is 3.70. The lowest BCUT2D eigenvalue weighted by atomic mass is 10.2. The van der Waals surface area contributed by atoms with Gasteiger partial charge in [-0.1, -0.05) is 0 Å². The summed E-state index contributed by atoms with van der Waals surface area (Å²) in [6.07, 6.45) is 2.03. The Morgan fingerprint density at radius 3 is 2.62 bits per heavy atom. The predicted molar refractivity (Wildman–Crippen MR) is 115 cm³/mol. The Kier molecular flexibility index (Phi) is 10.2. The molecule has 0 aromatic heterocycles. The fraction of sp³-hybridized carbons (Fsp3) is 0.556. The number of anilines is 1. The fourth-order valence-electron chi connectivity index (χ4n) is 2.30. The average Bonchev–Trinajstić information content (AvgIpc) is 3.44. The normalized spacial score (nSPS) is 13.4. The Labute approximate surface area is 172 Å². The first-order valence-corrected chi connectivity index (χ1v) is 8.81. The highest BCUT2D eigenvalue weighted by molar-refractivity contribution is 14.0. The van der Waals surface area contributed by atoms with Gasteiger partial charge in [0.2, 0.25) is 5.91 Å². The molecule has 7 nitrogen and oxygen atoms in total. The molecule has 0 aliphatic heterocycles. The van der Waals surface area contributed by atoms with Crippen molar-refractivity contribution in [1.29, 1.82) is 0 Å². The Hall–Kier alpha value is -1.71. The highest BCUT2D eigenvalue weighted by Gasteiger charge is 2.28. The van der Waals surface area contributed by atoms with Crippen molar-refractivity contribution in [2.75, 3.05) is 38.7 Å². The smallest absolute Gasteiger partial charge is 0.223 e. The minimum Gasteiger partial charge on any atom is -0.493 e. The van der Waals surface area contributed by atoms with Gasteiger partial charge in [0.1, 0.15) is 0 Å². The molecule has 0 atom stereocenters. The number of nitrogens with zero attached hydrogens (tertiary/aromatic N) is 1. The van der Waals surface area contributed by atoms with Gasteiger partial charge in [0, 0.05) is 30.8 Å². The number of nitrogens with one attached hydrogen (secondary N) is 3. The second kappa shape index (κ2) is 11.8. The van der Waals surface area contributed by atoms with E-state index in [2.05, 4.69) is 20.9 Å². The Morgan fingerprint density at radius 2 is 2.00 bits per heavy atom. The zero-order chi connectivity index (χ0) is 18.1. The molecule has 1 saturated carbocycles. The van der Waals surface area contributed by atoms with Crippen LogP contribution in [0.2, 0.25) is 0 Å². The van der Waals surface area contributed by atoms with E-state index in [1.165, 1.54) is 0 Å². The molecule has 1 aromatic carbocycles. The second-order valence-corrected chi connectivity index (χ2v) is 5.75. The number of benzene rings is 1. The minimum absolute atomic E-state index is 0. The summed E-state index contributed by atoms with van der Waals surface area (Å²) in [6.45, 7) is 6.30. The quantitative estimate of drug-likeness (QED) is 0.221. The van der Waals surface area contributed by atoms with Gasteiger partial charge in [-0.3, -0.25) is 9.79 Å². The van der Waals surface area contributed by atoms with Crippen molar-refractivity contribution >= 4 is 41.5 Å². The molecule has 0 unspecified atom stereocenters. The number of carbonyl (C=O) groups excluding carboxylic acids is 1. The van der Waals surface area contributed by atoms with Gasteiger partial charge >= 0.3 is 0 Å². The first-order valence-electron chi connectivity index (χ1n) is 8.81. The lowest BCUT2D eigenvalue weighted by Gasteiger charge is -2.14. The number of ether oxygens (including phenoxy) is 2. The van der Waals surface area contributed by atoms with Crippen LogP contribution in [0.25, 0.3) is 0 Å². The van der Waals surface area contributed by atoms with Crippen LogP contribution in [0.1, 0.15) is 26.7 Å². The van der Waals surface area contributed by atoms with Crippen molar-refractivity contribution in [3.63, 3.8) is 0 Å². The third-order valence-corrected chi connectivity index (χ3v) is 3.70. The maximum Gasteiger partial charge on any atom is 0.223 e. The summed E-state index contributed by atoms with van der Waals surface area (Å²) in [4.78, 5) is 16.1. The largest absolute Gasteiger partial charge is 0.493 e. The van der Waals surface area contributed by atoms with Crippen molar-refractivity contribution in [1.82, 2.24) is 10.6 Å². The van der Waals surface area contributed by atoms with Crippen molar-refractivity contribution in [3.05, 3.63) is 18.2 Å². The second-order valence-electron chi connectivity index (χ2n) is 5.75. The Morgan fingerprint density at radius 1 is 1.23 bits per heavy atom. The van der Waals surface area contributed by atoms with Crippen LogP contribution in [0.3, 0.4) is 0 Å². The van der Waals surface area contributed by atoms with E-state index in [1.807, 2.05) is 32.0 Å². The van der Waals surface area contributed by atoms with Crippen molar-refractivity contribution in [2.24, 2.45) is 10.9 Å². The van der Waals surface area contributed by atoms with Crippen LogP contribution < -0.4 is 25.4 Å². The summed E-state index contributed by atoms with van der Waals surface area (Å²) < 4.78 is 10.9. The van der Waals surface area contributed by atoms with Crippen molar-refractivity contribution < 1.29 is 14.3 Å². The van der Waals surface area contributed by atoms with E-state index >= 15 is 0 Å². The Balaban J connectivity index is 0.00000338. The first-order chi connectivity index (χ1) is 12.2. The first kappa shape index (κ1) is 22.3. The number of hydrogen-bond acceptors (Lipinski definition) is 4. The molecule has 0 spiro atoms. The van der Waals surface area contributed by atoms with Crippen LogP contribution in [-0.2, 0) is 4.79 Å². The lowest BCUT2D eigenvalue weighted by Crippen LogP contribution is -2.32. The van der Waals surface area contributed by atoms with Crippen LogP contribution in [0, 0.1) is 5.92 Å². The van der Waals surface area contributed by atoms with E-state index in [9.17, 15) is 4.79 Å². The van der Waals surface area contributed by atoms with Gasteiger partial charge in [-0.05, 0) is 38.8 Å². The molecule has 2 rings (SSSR count). The zero-order valence-corrected chi connectivity index (χ0v) is 18.0. The number of methoxy groups -OCH3 is 1. The number of guanidine groups is 1. The number of amides is 1. The molecule has 1 aromatic rings. The minimum atomic E-state index is 0. The molecule has 0 radical (unpaired) electrons. The maximum atomic E-state index is 11.6. The summed E-state index contributed by atoms with van der Waals surface area (Å²) in [5.41, 5.74) is 0.853. The monoisotopic (exact) mass is 476 g/mol. The molecular formula is C18H29IN4O3. The molecule has 1 aliphatic carbocycles. The van der Waals surface area contributed by atoms with E-state index < -0.39 is 0 Å². The number of carbonyl (C=O) groups is 1. The fourth-order valence-corrected chi connectivity index (χ4v) is 2.30. The standard InChI is InChI=1S/C18H28N4O3.HI/c1-4-19-18(21-11-10-20-17(23)13-6-7-13)22-14-8-9-15(24-3)16(12-14)25-5-2;/h8-9,12-13H,4-7,10-11H2,1-3H3,(H,20,23)(H2,19,21,22);1H. The van der Waals surface area contributed by atoms with Gasteiger partial charge in [0.15, 0.2) is 17.5 Å². The molecule has 3 N–H and O–H groups in total. The number of hydrogen-bond donors (Lipinski definition) is 3. The predicted octanol–water partition coefficient (Wildman–Crippen LogP) is 2.62. The van der Waals surface area contributed by atoms with E-state index in [0.717, 1.165) is 25.1 Å². The third kappa shape index (κ3) is 7.27. The van der Waals surface area contributed by atoms with E-state index in [1.54, 1.807) is 7.11 Å². The number of aliphatic imine (C=N–C) groups is 1. The topological polar surface area (TPSA) is 84.0 Å². The van der Waals surface area contributed by atoms with Crippen molar-refractivity contribution in [3.8, 4) is 11.5 Å². The van der Waals surface area contributed by atoms with Crippen LogP contribution in [0.4, 0.5) is 5.69 Å². The van der Waals surface area contributed by atoms with Crippen molar-refractivity contribution in [2.45, 2.75) is 26.7 Å². The highest BCUT2D eigenvalue weighted by Crippen LogP contribution is 2.30. The molecule has 0 saturated heterocycles. The Bertz CT molecular complexity index is 606. The van der Waals surface area contributed by atoms with Gasteiger partial charge in [-0.2, -0.15) is 0 Å². The summed E-state index contributed by atoms with van der Waals surface area (Å²) in [5, 5.41) is 9.34. The maximum absolute atomic E-state index is 11.6. The van der Waals surface area contributed by atoms with E-state index in [0.29, 0.717) is 37.2 Å². The van der Waals surface area contributed by atoms with E-state index in [-0.39, 0.29) is 35.8 Å². The van der Waals surface area contributed by atoms with Crippen LogP contribution >= 0.6 is 24.0 Å². The lowest BCUT2D eigenvalue weighted by molar-refractivity contribution is -0.122. The van der Waals surface area contributed by atoms with Gasteiger partial charge in [0.05, 0.1) is 20.3 Å². The van der Waals surface area contributed by atoms with Crippen LogP contribution in [0.15, 0.2) is 23.2 Å². The average molecular weight is 476 g/mol. The number of rotatable bonds is 9. The van der Waals surface area contributed by atoms with Gasteiger partial charge in [-0.15, -0.1) is 24.0 Å². The van der Waals surface area contributed by atoms with Gasteiger partial charge in [0.25, 0.3) is 0 Å². The zero-order valence-electron chi connectivity index (χ0n) is 15.6. The molecule has 26 heavy (non-hydrogen) atoms. The molecular weight excluding hydrogens is 447 g/mol. The number of halogens is 1. The van der Waals surface area contributed by atoms with E-state index in [4.69, 9.17) is 9.47 Å². The van der Waals surface area contributed by atoms with Gasteiger partial charge in [-0.25, -0.2) is 0 Å². The molecule has 0 bridgehead atoms. The molecule has 1 aliphatic rings. The summed E-state index contributed by atoms with van der Waals surface area (Å²) >= 11 is 0. The van der Waals surface area contributed by atoms with Gasteiger partial charge < -0.3 is 25.4 Å². The molecule has 8 heteroatoms. The van der Waals surface area contributed by atoms with Crippen LogP contribution in [0.5, 0.6) is 11.5 Å². The summed E-state index contributed by atoms with van der Waals surface area (Å²) in [5.74, 6) is 2.41. The van der Waals surface area contributed by atoms with Crippen LogP contribution in [-0.4, -0.2) is 45.2 Å². The highest BCUT2D eigenvalue weighted by atomic mass is 127. The molecule has 0 heterocycles. The molecule has 1 amide bonds. The SMILES string of the molecule is CCNC(=NCCNC(=O)C1CC1)Nc1ccc(OC)c(OCC)c1.I. The molecule has 146 valence electrons. The molecule has 1 fully saturated rings. The summed E-state index contributed by atoms with van der Waals surface area (Å²) in [6, 6.07) is 5.64. The summed E-state index contributed by atoms with van der Waals surface area (Å²) in [7, 11) is 1.62.